The van der Waals surface area contributed by atoms with Gasteiger partial charge in [-0.1, -0.05) is 26.0 Å². The standard InChI is InChI=1S/C28H42N4O7/c1-4-11-32(39-14-5-2)25(34)18-30-17-21(19-6-7-23-20(16-19)10-15-38-23)26(27(35)36)22(30)8-13-31-24(33)9-12-29(3)28(31)37/h6-7,16,21-22,26,28,37H,4-5,8-15,17-18H2,1-3H3,(H,35,36)/t21-,22+,26-,28?/m1/s1. The van der Waals surface area contributed by atoms with Gasteiger partial charge in [-0.2, -0.15) is 0 Å². The molecular weight excluding hydrogens is 504 g/mol. The van der Waals surface area contributed by atoms with Crippen molar-refractivity contribution in [3.63, 3.8) is 0 Å². The second-order valence-corrected chi connectivity index (χ2v) is 10.7. The summed E-state index contributed by atoms with van der Waals surface area (Å²) in [6, 6.07) is 5.35. The Morgan fingerprint density at radius 1 is 1.21 bits per heavy atom. The number of amides is 2. The lowest BCUT2D eigenvalue weighted by molar-refractivity contribution is -0.188. The van der Waals surface area contributed by atoms with E-state index in [1.807, 2.05) is 36.9 Å². The van der Waals surface area contributed by atoms with Crippen molar-refractivity contribution in [1.29, 1.82) is 0 Å². The topological polar surface area (TPSA) is 123 Å². The maximum atomic E-state index is 13.4. The molecule has 0 radical (unpaired) electrons. The first kappa shape index (κ1) is 29.3. The minimum Gasteiger partial charge on any atom is -0.493 e. The van der Waals surface area contributed by atoms with Crippen LogP contribution in [0.5, 0.6) is 5.75 Å². The number of hydrogen-bond donors (Lipinski definition) is 2. The van der Waals surface area contributed by atoms with Gasteiger partial charge in [-0.15, -0.1) is 0 Å². The number of rotatable bonds is 12. The Labute approximate surface area is 230 Å². The molecule has 0 spiro atoms. The van der Waals surface area contributed by atoms with Gasteiger partial charge in [0.15, 0.2) is 6.35 Å². The SMILES string of the molecule is CCCON(CCC)C(=O)CN1C[C@H](c2ccc3c(c2)CCO3)[C@@H](C(=O)O)[C@@H]1CCN1C(=O)CCN(C)C1O. The molecule has 3 aliphatic heterocycles. The number of nitrogens with zero attached hydrogens (tertiary/aromatic N) is 4. The molecule has 0 bridgehead atoms. The van der Waals surface area contributed by atoms with E-state index in [1.165, 1.54) is 9.96 Å². The van der Waals surface area contributed by atoms with E-state index in [2.05, 4.69) is 0 Å². The number of benzene rings is 1. The molecular formula is C28H42N4O7. The van der Waals surface area contributed by atoms with E-state index in [9.17, 15) is 24.6 Å². The molecule has 1 aromatic carbocycles. The summed E-state index contributed by atoms with van der Waals surface area (Å²) in [6.07, 6.45) is 1.84. The Kier molecular flexibility index (Phi) is 9.81. The lowest BCUT2D eigenvalue weighted by atomic mass is 9.83. The van der Waals surface area contributed by atoms with Crippen molar-refractivity contribution in [2.45, 2.75) is 64.3 Å². The van der Waals surface area contributed by atoms with E-state index in [0.717, 1.165) is 36.1 Å². The molecule has 2 amide bonds. The third kappa shape index (κ3) is 6.54. The minimum absolute atomic E-state index is 0.0130. The average Bonchev–Trinajstić information content (AvgIpc) is 3.53. The smallest absolute Gasteiger partial charge is 0.308 e. The van der Waals surface area contributed by atoms with Crippen molar-refractivity contribution < 1.29 is 34.2 Å². The summed E-state index contributed by atoms with van der Waals surface area (Å²) < 4.78 is 5.65. The van der Waals surface area contributed by atoms with Gasteiger partial charge in [-0.3, -0.25) is 29.0 Å². The van der Waals surface area contributed by atoms with Crippen LogP contribution in [0.3, 0.4) is 0 Å². The highest BCUT2D eigenvalue weighted by Crippen LogP contribution is 2.41. The number of aliphatic hydroxyl groups is 1. The number of fused-ring (bicyclic) bond motifs is 1. The Bertz CT molecular complexity index is 1040. The number of carboxylic acid groups (broad SMARTS) is 1. The number of carbonyl (C=O) groups excluding carboxylic acids is 2. The molecule has 1 unspecified atom stereocenters. The Hall–Kier alpha value is -2.73. The fourth-order valence-corrected chi connectivity index (χ4v) is 5.96. The van der Waals surface area contributed by atoms with Gasteiger partial charge in [-0.05, 0) is 43.5 Å². The highest BCUT2D eigenvalue weighted by atomic mass is 16.7. The molecule has 0 aliphatic carbocycles. The summed E-state index contributed by atoms with van der Waals surface area (Å²) in [5, 5.41) is 22.4. The van der Waals surface area contributed by atoms with Gasteiger partial charge < -0.3 is 19.8 Å². The molecule has 11 nitrogen and oxygen atoms in total. The summed E-state index contributed by atoms with van der Waals surface area (Å²) in [4.78, 5) is 49.4. The average molecular weight is 547 g/mol. The second-order valence-electron chi connectivity index (χ2n) is 10.7. The molecule has 2 saturated heterocycles. The maximum Gasteiger partial charge on any atom is 0.308 e. The van der Waals surface area contributed by atoms with Gasteiger partial charge in [0.1, 0.15) is 5.75 Å². The van der Waals surface area contributed by atoms with Crippen molar-refractivity contribution in [1.82, 2.24) is 19.8 Å². The van der Waals surface area contributed by atoms with Crippen LogP contribution in [0.2, 0.25) is 0 Å². The normalized spacial score (nSPS) is 25.5. The predicted octanol–water partition coefficient (Wildman–Crippen LogP) is 1.50. The van der Waals surface area contributed by atoms with E-state index >= 15 is 0 Å². The van der Waals surface area contributed by atoms with Crippen molar-refractivity contribution in [2.75, 3.05) is 53.0 Å². The summed E-state index contributed by atoms with van der Waals surface area (Å²) in [6.45, 7) is 6.50. The minimum atomic E-state index is -1.05. The Morgan fingerprint density at radius 3 is 2.72 bits per heavy atom. The molecule has 4 rings (SSSR count). The summed E-state index contributed by atoms with van der Waals surface area (Å²) in [5.74, 6) is -1.61. The number of aliphatic hydroxyl groups excluding tert-OH is 1. The summed E-state index contributed by atoms with van der Waals surface area (Å²) >= 11 is 0. The molecule has 2 N–H and O–H groups in total. The molecule has 3 heterocycles. The Balaban J connectivity index is 1.60. The zero-order valence-electron chi connectivity index (χ0n) is 23.3. The van der Waals surface area contributed by atoms with Crippen molar-refractivity contribution in [3.05, 3.63) is 29.3 Å². The molecule has 0 saturated carbocycles. The van der Waals surface area contributed by atoms with Crippen LogP contribution in [0.25, 0.3) is 0 Å². The fourth-order valence-electron chi connectivity index (χ4n) is 5.96. The van der Waals surface area contributed by atoms with Crippen molar-refractivity contribution in [3.8, 4) is 5.75 Å². The van der Waals surface area contributed by atoms with Crippen molar-refractivity contribution >= 4 is 17.8 Å². The number of hydroxylamine groups is 2. The van der Waals surface area contributed by atoms with Gasteiger partial charge in [0.25, 0.3) is 5.91 Å². The van der Waals surface area contributed by atoms with Gasteiger partial charge in [0.05, 0.1) is 25.7 Å². The molecule has 216 valence electrons. The van der Waals surface area contributed by atoms with Crippen LogP contribution >= 0.6 is 0 Å². The number of carbonyl (C=O) groups is 3. The third-order valence-corrected chi connectivity index (χ3v) is 8.01. The summed E-state index contributed by atoms with van der Waals surface area (Å²) in [5.41, 5.74) is 1.97. The quantitative estimate of drug-likeness (QED) is 0.376. The van der Waals surface area contributed by atoms with E-state index in [-0.39, 0.29) is 30.8 Å². The monoisotopic (exact) mass is 546 g/mol. The van der Waals surface area contributed by atoms with E-state index in [0.29, 0.717) is 45.7 Å². The van der Waals surface area contributed by atoms with Crippen LogP contribution in [0, 0.1) is 5.92 Å². The van der Waals surface area contributed by atoms with E-state index in [1.54, 1.807) is 11.9 Å². The van der Waals surface area contributed by atoms with Crippen molar-refractivity contribution in [2.24, 2.45) is 5.92 Å². The van der Waals surface area contributed by atoms with Crippen LogP contribution in [0.1, 0.15) is 56.6 Å². The molecule has 11 heteroatoms. The lowest BCUT2D eigenvalue weighted by Crippen LogP contribution is -2.56. The first-order valence-electron chi connectivity index (χ1n) is 14.1. The summed E-state index contributed by atoms with van der Waals surface area (Å²) in [7, 11) is 1.75. The Morgan fingerprint density at radius 2 is 2.00 bits per heavy atom. The predicted molar refractivity (Wildman–Crippen MR) is 143 cm³/mol. The maximum absolute atomic E-state index is 13.4. The molecule has 1 aromatic rings. The van der Waals surface area contributed by atoms with Gasteiger partial charge in [0.2, 0.25) is 5.91 Å². The molecule has 39 heavy (non-hydrogen) atoms. The number of ether oxygens (including phenoxy) is 1. The first-order valence-corrected chi connectivity index (χ1v) is 14.1. The van der Waals surface area contributed by atoms with E-state index < -0.39 is 24.3 Å². The van der Waals surface area contributed by atoms with Crippen LogP contribution in [0.4, 0.5) is 0 Å². The third-order valence-electron chi connectivity index (χ3n) is 8.01. The van der Waals surface area contributed by atoms with E-state index in [4.69, 9.17) is 9.57 Å². The van der Waals surface area contributed by atoms with Crippen LogP contribution < -0.4 is 4.74 Å². The largest absolute Gasteiger partial charge is 0.493 e. The van der Waals surface area contributed by atoms with Crippen LogP contribution in [-0.2, 0) is 25.6 Å². The van der Waals surface area contributed by atoms with Gasteiger partial charge in [-0.25, -0.2) is 5.06 Å². The molecule has 0 aromatic heterocycles. The van der Waals surface area contributed by atoms with Gasteiger partial charge >= 0.3 is 5.97 Å². The number of hydrogen-bond acceptors (Lipinski definition) is 8. The lowest BCUT2D eigenvalue weighted by Gasteiger charge is -2.39. The highest BCUT2D eigenvalue weighted by molar-refractivity contribution is 5.79. The van der Waals surface area contributed by atoms with Crippen LogP contribution in [0.15, 0.2) is 18.2 Å². The zero-order valence-corrected chi connectivity index (χ0v) is 23.3. The zero-order chi connectivity index (χ0) is 28.1. The second kappa shape index (κ2) is 13.1. The molecule has 3 aliphatic rings. The first-order chi connectivity index (χ1) is 18.7. The molecule has 4 atom stereocenters. The number of likely N-dealkylation sites (tertiary alicyclic amines) is 1. The highest BCUT2D eigenvalue weighted by Gasteiger charge is 2.48. The number of aliphatic carboxylic acids is 1. The molecule has 2 fully saturated rings. The van der Waals surface area contributed by atoms with Gasteiger partial charge in [0, 0.05) is 51.0 Å². The van der Waals surface area contributed by atoms with Crippen LogP contribution in [-0.4, -0.2) is 113 Å². The fraction of sp³-hybridized carbons (Fsp3) is 0.679. The number of carboxylic acids is 1.